The van der Waals surface area contributed by atoms with E-state index >= 15 is 0 Å². The molecule has 5 rings (SSSR count). The molecule has 0 spiro atoms. The summed E-state index contributed by atoms with van der Waals surface area (Å²) >= 11 is 0. The molecule has 0 saturated carbocycles. The van der Waals surface area contributed by atoms with Gasteiger partial charge in [-0.15, -0.1) is 0 Å². The lowest BCUT2D eigenvalue weighted by Crippen LogP contribution is -2.40. The topological polar surface area (TPSA) is 118 Å². The number of rotatable bonds is 7. The van der Waals surface area contributed by atoms with Gasteiger partial charge in [-0.1, -0.05) is 42.5 Å². The van der Waals surface area contributed by atoms with Crippen LogP contribution in [0, 0.1) is 0 Å². The second-order valence-corrected chi connectivity index (χ2v) is 8.79. The number of nitrogens with one attached hydrogen (secondary N) is 3. The van der Waals surface area contributed by atoms with E-state index in [1.165, 1.54) is 6.08 Å². The number of amides is 4. The molecule has 3 N–H and O–H groups in total. The van der Waals surface area contributed by atoms with Gasteiger partial charge in [0.2, 0.25) is 5.91 Å². The third kappa shape index (κ3) is 5.15. The number of anilines is 1. The maximum absolute atomic E-state index is 12.8. The van der Waals surface area contributed by atoms with Gasteiger partial charge < -0.3 is 10.6 Å². The molecule has 9 nitrogen and oxygen atoms in total. The number of benzene rings is 2. The van der Waals surface area contributed by atoms with Gasteiger partial charge in [0.1, 0.15) is 11.2 Å². The SMILES string of the molecule is CC1(c2cccc(NC(=O)C=Cc3cn(Cc4ccccc4)nc3-c3cccnc3)c2)NC(=O)NC1=O. The average molecular weight is 493 g/mol. The zero-order chi connectivity index (χ0) is 25.8. The van der Waals surface area contributed by atoms with Crippen LogP contribution in [0.5, 0.6) is 0 Å². The number of imide groups is 1. The third-order valence-electron chi connectivity index (χ3n) is 6.08. The second kappa shape index (κ2) is 9.90. The lowest BCUT2D eigenvalue weighted by Gasteiger charge is -2.21. The maximum atomic E-state index is 12.8. The molecule has 184 valence electrons. The standard InChI is InChI=1S/C28H24N6O3/c1-28(26(36)31-27(37)32-28)22-10-5-11-23(15-22)30-24(35)13-12-21-18-34(17-19-7-3-2-4-8-19)33-25(21)20-9-6-14-29-16-20/h2-16,18H,17H2,1H3,(H,30,35)(H2,31,32,36,37). The second-order valence-electron chi connectivity index (χ2n) is 8.79. The largest absolute Gasteiger partial charge is 0.323 e. The van der Waals surface area contributed by atoms with E-state index in [0.29, 0.717) is 23.5 Å². The van der Waals surface area contributed by atoms with Crippen molar-refractivity contribution in [2.75, 3.05) is 5.32 Å². The summed E-state index contributed by atoms with van der Waals surface area (Å²) in [7, 11) is 0. The fourth-order valence-electron chi connectivity index (χ4n) is 4.14. The molecular formula is C28H24N6O3. The van der Waals surface area contributed by atoms with Crippen LogP contribution in [0.4, 0.5) is 10.5 Å². The predicted molar refractivity (Wildman–Crippen MR) is 139 cm³/mol. The summed E-state index contributed by atoms with van der Waals surface area (Å²) in [5.74, 6) is -0.800. The zero-order valence-electron chi connectivity index (χ0n) is 20.0. The first-order valence-electron chi connectivity index (χ1n) is 11.7. The van der Waals surface area contributed by atoms with Crippen molar-refractivity contribution in [3.8, 4) is 11.3 Å². The number of urea groups is 1. The van der Waals surface area contributed by atoms with Crippen LogP contribution in [0.3, 0.4) is 0 Å². The first kappa shape index (κ1) is 23.7. The van der Waals surface area contributed by atoms with Crippen molar-refractivity contribution in [2.24, 2.45) is 0 Å². The molecule has 0 aliphatic carbocycles. The first-order valence-corrected chi connectivity index (χ1v) is 11.7. The number of nitrogens with zero attached hydrogens (tertiary/aromatic N) is 3. The number of hydrogen-bond donors (Lipinski definition) is 3. The molecule has 0 radical (unpaired) electrons. The smallest absolute Gasteiger partial charge is 0.322 e. The van der Waals surface area contributed by atoms with Gasteiger partial charge in [0, 0.05) is 41.5 Å². The Balaban J connectivity index is 1.36. The highest BCUT2D eigenvalue weighted by Gasteiger charge is 2.43. The third-order valence-corrected chi connectivity index (χ3v) is 6.08. The summed E-state index contributed by atoms with van der Waals surface area (Å²) in [6.07, 6.45) is 8.46. The molecule has 1 saturated heterocycles. The van der Waals surface area contributed by atoms with Crippen LogP contribution in [-0.4, -0.2) is 32.6 Å². The Hall–Kier alpha value is -5.05. The van der Waals surface area contributed by atoms with E-state index in [-0.39, 0.29) is 5.91 Å². The highest BCUT2D eigenvalue weighted by atomic mass is 16.2. The zero-order valence-corrected chi connectivity index (χ0v) is 20.0. The molecule has 4 amide bonds. The Morgan fingerprint density at radius 1 is 1.08 bits per heavy atom. The van der Waals surface area contributed by atoms with Gasteiger partial charge in [-0.2, -0.15) is 5.10 Å². The molecule has 37 heavy (non-hydrogen) atoms. The van der Waals surface area contributed by atoms with E-state index < -0.39 is 17.5 Å². The fraction of sp³-hybridized carbons (Fsp3) is 0.107. The summed E-state index contributed by atoms with van der Waals surface area (Å²) in [6.45, 7) is 2.20. The van der Waals surface area contributed by atoms with Crippen molar-refractivity contribution < 1.29 is 14.4 Å². The molecule has 2 aromatic heterocycles. The Labute approximate surface area is 213 Å². The van der Waals surface area contributed by atoms with Crippen LogP contribution in [-0.2, 0) is 21.7 Å². The first-order chi connectivity index (χ1) is 17.9. The summed E-state index contributed by atoms with van der Waals surface area (Å²) in [4.78, 5) is 40.9. The van der Waals surface area contributed by atoms with Crippen LogP contribution in [0.15, 0.2) is 91.4 Å². The normalized spacial score (nSPS) is 17.0. The fourth-order valence-corrected chi connectivity index (χ4v) is 4.14. The molecule has 1 unspecified atom stereocenters. The lowest BCUT2D eigenvalue weighted by molar-refractivity contribution is -0.123. The highest BCUT2D eigenvalue weighted by Crippen LogP contribution is 2.27. The summed E-state index contributed by atoms with van der Waals surface area (Å²) in [5, 5.41) is 12.4. The molecule has 1 fully saturated rings. The van der Waals surface area contributed by atoms with Crippen LogP contribution in [0.2, 0.25) is 0 Å². The molecule has 3 heterocycles. The maximum Gasteiger partial charge on any atom is 0.322 e. The summed E-state index contributed by atoms with van der Waals surface area (Å²) < 4.78 is 1.83. The average Bonchev–Trinajstić information content (AvgIpc) is 3.43. The van der Waals surface area contributed by atoms with Crippen molar-refractivity contribution >= 4 is 29.6 Å². The van der Waals surface area contributed by atoms with Crippen molar-refractivity contribution in [1.82, 2.24) is 25.4 Å². The minimum Gasteiger partial charge on any atom is -0.323 e. The molecule has 0 bridgehead atoms. The summed E-state index contributed by atoms with van der Waals surface area (Å²) in [5.41, 5.74) is 3.27. The molecular weight excluding hydrogens is 468 g/mol. The predicted octanol–water partition coefficient (Wildman–Crippen LogP) is 3.70. The molecule has 9 heteroatoms. The Bertz CT molecular complexity index is 1500. The van der Waals surface area contributed by atoms with Gasteiger partial charge in [0.25, 0.3) is 5.91 Å². The lowest BCUT2D eigenvalue weighted by atomic mass is 9.92. The van der Waals surface area contributed by atoms with Gasteiger partial charge >= 0.3 is 6.03 Å². The van der Waals surface area contributed by atoms with E-state index in [2.05, 4.69) is 20.9 Å². The van der Waals surface area contributed by atoms with Crippen LogP contribution < -0.4 is 16.0 Å². The number of carbonyl (C=O) groups is 3. The molecule has 2 aromatic carbocycles. The van der Waals surface area contributed by atoms with Crippen molar-refractivity contribution in [3.63, 3.8) is 0 Å². The van der Waals surface area contributed by atoms with Gasteiger partial charge in [-0.05, 0) is 48.4 Å². The van der Waals surface area contributed by atoms with E-state index in [1.54, 1.807) is 49.7 Å². The molecule has 1 aliphatic rings. The van der Waals surface area contributed by atoms with Crippen molar-refractivity contribution in [3.05, 3.63) is 108 Å². The van der Waals surface area contributed by atoms with Crippen LogP contribution in [0.25, 0.3) is 17.3 Å². The molecule has 1 aliphatic heterocycles. The van der Waals surface area contributed by atoms with Gasteiger partial charge in [-0.3, -0.25) is 24.6 Å². The molecule has 4 aromatic rings. The molecule has 1 atom stereocenters. The Morgan fingerprint density at radius 2 is 1.92 bits per heavy atom. The quantitative estimate of drug-likeness (QED) is 0.269. The number of aromatic nitrogens is 3. The van der Waals surface area contributed by atoms with Gasteiger partial charge in [0.05, 0.1) is 6.54 Å². The summed E-state index contributed by atoms with van der Waals surface area (Å²) in [6, 6.07) is 20.0. The number of hydrogen-bond acceptors (Lipinski definition) is 5. The van der Waals surface area contributed by atoms with E-state index in [4.69, 9.17) is 5.10 Å². The van der Waals surface area contributed by atoms with Crippen molar-refractivity contribution in [2.45, 2.75) is 19.0 Å². The van der Waals surface area contributed by atoms with Gasteiger partial charge in [-0.25, -0.2) is 4.79 Å². The van der Waals surface area contributed by atoms with E-state index in [9.17, 15) is 14.4 Å². The number of carbonyl (C=O) groups excluding carboxylic acids is 3. The Morgan fingerprint density at radius 3 is 2.65 bits per heavy atom. The minimum absolute atomic E-state index is 0.352. The Kier molecular flexibility index (Phi) is 6.34. The van der Waals surface area contributed by atoms with Crippen LogP contribution in [0.1, 0.15) is 23.6 Å². The highest BCUT2D eigenvalue weighted by molar-refractivity contribution is 6.07. The van der Waals surface area contributed by atoms with Crippen molar-refractivity contribution in [1.29, 1.82) is 0 Å². The van der Waals surface area contributed by atoms with E-state index in [1.807, 2.05) is 53.3 Å². The van der Waals surface area contributed by atoms with Gasteiger partial charge in [0.15, 0.2) is 0 Å². The van der Waals surface area contributed by atoms with E-state index in [0.717, 1.165) is 16.7 Å². The monoisotopic (exact) mass is 492 g/mol. The number of pyridine rings is 1. The van der Waals surface area contributed by atoms with Crippen LogP contribution >= 0.6 is 0 Å². The minimum atomic E-state index is -1.21.